The van der Waals surface area contributed by atoms with Crippen LogP contribution in [0, 0.1) is 17.7 Å². The number of hydrogen-bond acceptors (Lipinski definition) is 6. The zero-order valence-electron chi connectivity index (χ0n) is 15.4. The van der Waals surface area contributed by atoms with Crippen LogP contribution in [0.3, 0.4) is 0 Å². The van der Waals surface area contributed by atoms with E-state index in [-0.39, 0.29) is 10.8 Å². The molecule has 2 bridgehead atoms. The molecule has 1 amide bonds. The molecule has 0 radical (unpaired) electrons. The van der Waals surface area contributed by atoms with E-state index >= 15 is 0 Å². The summed E-state index contributed by atoms with van der Waals surface area (Å²) in [4.78, 5) is 14.2. The number of H-pyrrole nitrogens is 1. The molecule has 4 heterocycles. The Morgan fingerprint density at radius 1 is 1.14 bits per heavy atom. The molecule has 2 N–H and O–H groups in total. The lowest BCUT2D eigenvalue weighted by molar-refractivity contribution is 0.0773. The Morgan fingerprint density at radius 2 is 1.75 bits per heavy atom. The number of halogens is 1. The molecule has 8 nitrogen and oxygen atoms in total. The molecule has 0 spiro atoms. The second kappa shape index (κ2) is 7.25. The Kier molecular flexibility index (Phi) is 4.92. The molecule has 3 saturated heterocycles. The van der Waals surface area contributed by atoms with Gasteiger partial charge in [-0.2, -0.15) is 15.4 Å². The molecular weight excluding hydrogens is 385 g/mol. The van der Waals surface area contributed by atoms with E-state index in [9.17, 15) is 17.6 Å². The zero-order valence-corrected chi connectivity index (χ0v) is 16.2. The van der Waals surface area contributed by atoms with Crippen LogP contribution < -0.4 is 5.32 Å². The fraction of sp³-hybridized carbons (Fsp3) is 0.500. The van der Waals surface area contributed by atoms with Crippen LogP contribution in [0.5, 0.6) is 0 Å². The van der Waals surface area contributed by atoms with Crippen LogP contribution in [-0.4, -0.2) is 66.1 Å². The van der Waals surface area contributed by atoms with Crippen molar-refractivity contribution in [2.45, 2.75) is 29.8 Å². The molecule has 2 aromatic rings. The summed E-state index contributed by atoms with van der Waals surface area (Å²) >= 11 is 0. The zero-order chi connectivity index (χ0) is 19.9. The van der Waals surface area contributed by atoms with Crippen molar-refractivity contribution >= 4 is 15.7 Å². The van der Waals surface area contributed by atoms with E-state index in [1.165, 1.54) is 31.2 Å². The maximum absolute atomic E-state index is 12.3. The maximum Gasteiger partial charge on any atom is 0.276 e. The highest BCUT2D eigenvalue weighted by molar-refractivity contribution is 7.90. The third-order valence-electron chi connectivity index (χ3n) is 5.83. The number of likely N-dealkylation sites (tertiary alicyclic amines) is 1. The van der Waals surface area contributed by atoms with E-state index in [0.717, 1.165) is 31.5 Å². The second-order valence-electron chi connectivity index (χ2n) is 7.58. The highest BCUT2D eigenvalue weighted by Crippen LogP contribution is 2.43. The van der Waals surface area contributed by atoms with Gasteiger partial charge in [0.1, 0.15) is 5.82 Å². The first-order valence-electron chi connectivity index (χ1n) is 9.19. The van der Waals surface area contributed by atoms with Gasteiger partial charge in [0.05, 0.1) is 11.1 Å². The minimum atomic E-state index is -3.19. The molecule has 3 aliphatic heterocycles. The van der Waals surface area contributed by atoms with Crippen LogP contribution in [0.4, 0.5) is 4.39 Å². The molecule has 0 unspecified atom stereocenters. The van der Waals surface area contributed by atoms with Gasteiger partial charge < -0.3 is 10.2 Å². The van der Waals surface area contributed by atoms with Crippen molar-refractivity contribution in [1.82, 2.24) is 25.6 Å². The third-order valence-corrected chi connectivity index (χ3v) is 6.95. The number of carbonyl (C=O) groups is 1. The second-order valence-corrected chi connectivity index (χ2v) is 9.59. The Balaban J connectivity index is 0.000000153. The van der Waals surface area contributed by atoms with Crippen LogP contribution in [0.25, 0.3) is 0 Å². The molecule has 3 fully saturated rings. The van der Waals surface area contributed by atoms with Crippen molar-refractivity contribution in [3.63, 3.8) is 0 Å². The maximum atomic E-state index is 12.3. The van der Waals surface area contributed by atoms with Gasteiger partial charge in [0.25, 0.3) is 5.91 Å². The first-order valence-corrected chi connectivity index (χ1v) is 11.1. The molecule has 28 heavy (non-hydrogen) atoms. The van der Waals surface area contributed by atoms with Crippen LogP contribution >= 0.6 is 0 Å². The molecule has 10 heteroatoms. The molecule has 3 aliphatic rings. The summed E-state index contributed by atoms with van der Waals surface area (Å²) in [5.41, 5.74) is 0.435. The summed E-state index contributed by atoms with van der Waals surface area (Å²) in [6, 6.07) is 6.00. The van der Waals surface area contributed by atoms with Crippen LogP contribution in [0.2, 0.25) is 0 Å². The van der Waals surface area contributed by atoms with E-state index < -0.39 is 15.7 Å². The lowest BCUT2D eigenvalue weighted by Crippen LogP contribution is -2.35. The first kappa shape index (κ1) is 19.0. The number of rotatable bonds is 2. The number of sulfone groups is 1. The Bertz CT molecular complexity index is 930. The van der Waals surface area contributed by atoms with Gasteiger partial charge in [-0.1, -0.05) is 0 Å². The van der Waals surface area contributed by atoms with E-state index in [1.54, 1.807) is 0 Å². The van der Waals surface area contributed by atoms with E-state index in [4.69, 9.17) is 0 Å². The topological polar surface area (TPSA) is 108 Å². The largest absolute Gasteiger partial charge is 0.337 e. The minimum Gasteiger partial charge on any atom is -0.337 e. The third kappa shape index (κ3) is 3.66. The summed E-state index contributed by atoms with van der Waals surface area (Å²) in [6.45, 7) is 1.76. The standard InChI is InChI=1S/C11H15N5O.C7H7FO2S/c17-11(10-3-12-15-14-10)16-4-6-7(5-16)9-2-1-8(6)13-9;1-11(9,10)7-4-2-6(8)3-5-7/h3,6-9,13H,1-2,4-5H2,(H,12,14,15);2-5H,1H3/t6-,7+,8-,9+;. The first-order chi connectivity index (χ1) is 13.3. The molecule has 1 aromatic carbocycles. The van der Waals surface area contributed by atoms with Crippen molar-refractivity contribution in [1.29, 1.82) is 0 Å². The van der Waals surface area contributed by atoms with Gasteiger partial charge in [-0.05, 0) is 48.9 Å². The highest BCUT2D eigenvalue weighted by Gasteiger charge is 2.52. The number of aromatic amines is 1. The summed E-state index contributed by atoms with van der Waals surface area (Å²) in [7, 11) is -3.19. The summed E-state index contributed by atoms with van der Waals surface area (Å²) in [6.07, 6.45) is 5.14. The number of benzene rings is 1. The van der Waals surface area contributed by atoms with E-state index in [1.807, 2.05) is 4.90 Å². The van der Waals surface area contributed by atoms with Crippen molar-refractivity contribution in [3.8, 4) is 0 Å². The number of nitrogens with one attached hydrogen (secondary N) is 2. The molecular formula is C18H22FN5O3S. The summed E-state index contributed by atoms with van der Waals surface area (Å²) in [5, 5.41) is 13.7. The fourth-order valence-electron chi connectivity index (χ4n) is 4.50. The average molecular weight is 407 g/mol. The van der Waals surface area contributed by atoms with Gasteiger partial charge in [0.15, 0.2) is 15.5 Å². The van der Waals surface area contributed by atoms with Crippen molar-refractivity contribution in [3.05, 3.63) is 42.0 Å². The molecule has 5 rings (SSSR count). The van der Waals surface area contributed by atoms with Crippen molar-refractivity contribution < 1.29 is 17.6 Å². The monoisotopic (exact) mass is 407 g/mol. The average Bonchev–Trinajstić information content (AvgIpc) is 3.43. The van der Waals surface area contributed by atoms with Crippen molar-refractivity contribution in [2.75, 3.05) is 19.3 Å². The predicted molar refractivity (Wildman–Crippen MR) is 98.7 cm³/mol. The Morgan fingerprint density at radius 3 is 2.25 bits per heavy atom. The Labute approximate surface area is 162 Å². The quantitative estimate of drug-likeness (QED) is 0.715. The van der Waals surface area contributed by atoms with Crippen LogP contribution in [0.15, 0.2) is 35.4 Å². The van der Waals surface area contributed by atoms with Gasteiger partial charge in [0, 0.05) is 31.4 Å². The number of aromatic nitrogens is 3. The SMILES string of the molecule is CS(=O)(=O)c1ccc(F)cc1.O=C(c1cn[nH]n1)N1C[C@@H]2[C@H](C1)[C@@H]1CC[C@H]2N1. The minimum absolute atomic E-state index is 0.0209. The van der Waals surface area contributed by atoms with Gasteiger partial charge >= 0.3 is 0 Å². The van der Waals surface area contributed by atoms with Crippen molar-refractivity contribution in [2.24, 2.45) is 11.8 Å². The lowest BCUT2D eigenvalue weighted by atomic mass is 9.82. The lowest BCUT2D eigenvalue weighted by Gasteiger charge is -2.19. The van der Waals surface area contributed by atoms with Crippen LogP contribution in [0.1, 0.15) is 23.3 Å². The number of carbonyl (C=O) groups excluding carboxylic acids is 1. The molecule has 4 atom stereocenters. The molecule has 1 aromatic heterocycles. The predicted octanol–water partition coefficient (Wildman–Crippen LogP) is 0.856. The molecule has 150 valence electrons. The Hall–Kier alpha value is -2.33. The number of amides is 1. The summed E-state index contributed by atoms with van der Waals surface area (Å²) < 4.78 is 33.9. The highest BCUT2D eigenvalue weighted by atomic mass is 32.2. The van der Waals surface area contributed by atoms with Gasteiger partial charge in [0.2, 0.25) is 0 Å². The van der Waals surface area contributed by atoms with Crippen LogP contribution in [-0.2, 0) is 9.84 Å². The number of hydrogen-bond donors (Lipinski definition) is 2. The van der Waals surface area contributed by atoms with Gasteiger partial charge in [-0.15, -0.1) is 0 Å². The normalized spacial score (nSPS) is 28.0. The van der Waals surface area contributed by atoms with E-state index in [0.29, 0.717) is 29.6 Å². The van der Waals surface area contributed by atoms with Gasteiger partial charge in [-0.25, -0.2) is 12.8 Å². The van der Waals surface area contributed by atoms with Gasteiger partial charge in [-0.3, -0.25) is 4.79 Å². The van der Waals surface area contributed by atoms with E-state index in [2.05, 4.69) is 20.7 Å². The molecule has 0 saturated carbocycles. The smallest absolute Gasteiger partial charge is 0.276 e. The number of fused-ring (bicyclic) bond motifs is 5. The molecule has 0 aliphatic carbocycles. The number of nitrogens with zero attached hydrogens (tertiary/aromatic N) is 3. The summed E-state index contributed by atoms with van der Waals surface area (Å²) in [5.74, 6) is 0.902. The fourth-order valence-corrected chi connectivity index (χ4v) is 5.13.